The molecule has 5 aliphatic rings. The predicted molar refractivity (Wildman–Crippen MR) is 186 cm³/mol. The van der Waals surface area contributed by atoms with Gasteiger partial charge in [0.25, 0.3) is 0 Å². The van der Waals surface area contributed by atoms with E-state index in [1.165, 1.54) is 58.0 Å². The molecule has 4 aliphatic heterocycles. The second kappa shape index (κ2) is 13.9. The van der Waals surface area contributed by atoms with Crippen molar-refractivity contribution in [2.24, 2.45) is 28.2 Å². The van der Waals surface area contributed by atoms with Crippen LogP contribution in [0.5, 0.6) is 0 Å². The Labute approximate surface area is 268 Å². The van der Waals surface area contributed by atoms with Crippen molar-refractivity contribution in [3.63, 3.8) is 0 Å². The van der Waals surface area contributed by atoms with Crippen molar-refractivity contribution in [1.29, 1.82) is 0 Å². The summed E-state index contributed by atoms with van der Waals surface area (Å²) in [7, 11) is 0. The Morgan fingerprint density at radius 2 is 0.977 bits per heavy atom. The smallest absolute Gasteiger partial charge is 0.0704 e. The van der Waals surface area contributed by atoms with Crippen molar-refractivity contribution in [2.75, 3.05) is 45.9 Å². The fraction of sp³-hybridized carbons (Fsp3) is 1.00. The Hall–Kier alpha value is -0.240. The normalized spacial score (nSPS) is 31.8. The molecular formula is C37H75N5O. The maximum absolute atomic E-state index is 6.30. The topological polar surface area (TPSA) is 71.0 Å². The van der Waals surface area contributed by atoms with Crippen molar-refractivity contribution in [3.8, 4) is 0 Å². The molecule has 4 N–H and O–H groups in total. The lowest BCUT2D eigenvalue weighted by Crippen LogP contribution is -2.54. The first kappa shape index (κ1) is 37.2. The molecule has 2 spiro atoms. The molecule has 0 amide bonds. The lowest BCUT2D eigenvalue weighted by Gasteiger charge is -2.47. The first-order chi connectivity index (χ1) is 19.6. The summed E-state index contributed by atoms with van der Waals surface area (Å²) in [5, 5.41) is 0. The molecule has 4 heterocycles. The number of ether oxygens (including phenoxy) is 1. The van der Waals surface area contributed by atoms with Crippen molar-refractivity contribution < 1.29 is 4.74 Å². The minimum absolute atomic E-state index is 0.0851. The lowest BCUT2D eigenvalue weighted by molar-refractivity contribution is 0.0256. The second-order valence-corrected chi connectivity index (χ2v) is 18.7. The van der Waals surface area contributed by atoms with E-state index in [0.29, 0.717) is 11.1 Å². The number of nitrogens with zero attached hydrogens (tertiary/aromatic N) is 3. The molecule has 3 unspecified atom stereocenters. The van der Waals surface area contributed by atoms with Crippen molar-refractivity contribution in [3.05, 3.63) is 0 Å². The molecule has 0 radical (unpaired) electrons. The highest BCUT2D eigenvalue weighted by molar-refractivity contribution is 5.01. The van der Waals surface area contributed by atoms with Crippen LogP contribution in [0.3, 0.4) is 0 Å². The van der Waals surface area contributed by atoms with Crippen LogP contribution in [-0.4, -0.2) is 94.9 Å². The summed E-state index contributed by atoms with van der Waals surface area (Å²) in [4.78, 5) is 7.75. The molecular weight excluding hydrogens is 530 g/mol. The summed E-state index contributed by atoms with van der Waals surface area (Å²) in [6, 6.07) is 0.231. The number of piperidine rings is 3. The average molecular weight is 606 g/mol. The predicted octanol–water partition coefficient (Wildman–Crippen LogP) is 6.90. The first-order valence-corrected chi connectivity index (χ1v) is 18.0. The van der Waals surface area contributed by atoms with Crippen LogP contribution in [-0.2, 0) is 4.74 Å². The van der Waals surface area contributed by atoms with Gasteiger partial charge >= 0.3 is 0 Å². The minimum atomic E-state index is 0.0851. The first-order valence-electron chi connectivity index (χ1n) is 18.0. The molecule has 6 heteroatoms. The van der Waals surface area contributed by atoms with Gasteiger partial charge in [-0.1, -0.05) is 19.8 Å². The van der Waals surface area contributed by atoms with Crippen LogP contribution in [0, 0.1) is 16.7 Å². The molecule has 6 nitrogen and oxygen atoms in total. The zero-order valence-corrected chi connectivity index (χ0v) is 31.0. The van der Waals surface area contributed by atoms with Crippen LogP contribution in [0.1, 0.15) is 141 Å². The summed E-state index contributed by atoms with van der Waals surface area (Å²) in [5.41, 5.74) is 14.4. The Morgan fingerprint density at radius 3 is 1.28 bits per heavy atom. The van der Waals surface area contributed by atoms with Crippen molar-refractivity contribution in [1.82, 2.24) is 14.7 Å². The lowest BCUT2D eigenvalue weighted by atomic mass is 9.71. The minimum Gasteiger partial charge on any atom is -0.376 e. The standard InChI is InChI=1S/C14H27N.C13H26N2O.C10H22N2/c1-12-6-5-7-14(12)8-10-15(11-9-14)13(2,3)4;1-10-11(14)13(9-16-10)5-7-15(8-6-13)12(2,3)4;1-9(2,3)12-7-5-10(4,11)6-8-12/h12H,5-11H2,1-4H3;10-11H,5-9,14H2,1-4H3;5-8,11H2,1-4H3. The molecule has 43 heavy (non-hydrogen) atoms. The van der Waals surface area contributed by atoms with Crippen LogP contribution in [0.2, 0.25) is 0 Å². The number of hydrogen-bond donors (Lipinski definition) is 2. The third kappa shape index (κ3) is 9.64. The van der Waals surface area contributed by atoms with Gasteiger partial charge in [-0.2, -0.15) is 0 Å². The van der Waals surface area contributed by atoms with Crippen LogP contribution in [0.15, 0.2) is 0 Å². The van der Waals surface area contributed by atoms with E-state index in [2.05, 4.69) is 97.8 Å². The molecule has 254 valence electrons. The molecule has 5 rings (SSSR count). The Morgan fingerprint density at radius 1 is 0.605 bits per heavy atom. The number of hydrogen-bond acceptors (Lipinski definition) is 6. The van der Waals surface area contributed by atoms with Gasteiger partial charge in [-0.25, -0.2) is 0 Å². The Bertz CT molecular complexity index is 840. The highest BCUT2D eigenvalue weighted by atomic mass is 16.5. The molecule has 3 atom stereocenters. The van der Waals surface area contributed by atoms with Gasteiger partial charge in [0.15, 0.2) is 0 Å². The van der Waals surface area contributed by atoms with E-state index in [1.54, 1.807) is 0 Å². The molecule has 0 bridgehead atoms. The Balaban J connectivity index is 0.000000179. The van der Waals surface area contributed by atoms with E-state index < -0.39 is 0 Å². The highest BCUT2D eigenvalue weighted by Crippen LogP contribution is 2.50. The van der Waals surface area contributed by atoms with E-state index in [4.69, 9.17) is 16.2 Å². The van der Waals surface area contributed by atoms with E-state index in [0.717, 1.165) is 57.0 Å². The monoisotopic (exact) mass is 606 g/mol. The van der Waals surface area contributed by atoms with Crippen molar-refractivity contribution in [2.45, 2.75) is 175 Å². The van der Waals surface area contributed by atoms with Gasteiger partial charge < -0.3 is 16.2 Å². The SMILES string of the molecule is CC1(N)CCN(C(C)(C)C)CC1.CC1CCCC12CCN(C(C)(C)C)CC2.CC1OCC2(CCN(C(C)(C)C)CC2)C1N. The van der Waals surface area contributed by atoms with E-state index in [-0.39, 0.29) is 28.6 Å². The summed E-state index contributed by atoms with van der Waals surface area (Å²) < 4.78 is 5.74. The molecule has 1 aliphatic carbocycles. The van der Waals surface area contributed by atoms with Crippen molar-refractivity contribution >= 4 is 0 Å². The molecule has 1 saturated carbocycles. The van der Waals surface area contributed by atoms with Gasteiger partial charge in [-0.05, 0) is 159 Å². The van der Waals surface area contributed by atoms with Gasteiger partial charge in [-0.3, -0.25) is 14.7 Å². The average Bonchev–Trinajstić information content (AvgIpc) is 3.37. The van der Waals surface area contributed by atoms with Gasteiger partial charge in [0.1, 0.15) is 0 Å². The van der Waals surface area contributed by atoms with Crippen LogP contribution >= 0.6 is 0 Å². The quantitative estimate of drug-likeness (QED) is 0.313. The van der Waals surface area contributed by atoms with Crippen LogP contribution in [0.4, 0.5) is 0 Å². The molecule has 5 fully saturated rings. The fourth-order valence-electron chi connectivity index (χ4n) is 8.46. The van der Waals surface area contributed by atoms with Crippen LogP contribution < -0.4 is 11.5 Å². The molecule has 0 aromatic rings. The van der Waals surface area contributed by atoms with Gasteiger partial charge in [0, 0.05) is 46.7 Å². The van der Waals surface area contributed by atoms with E-state index >= 15 is 0 Å². The molecule has 0 aromatic heterocycles. The van der Waals surface area contributed by atoms with Crippen LogP contribution in [0.25, 0.3) is 0 Å². The Kier molecular flexibility index (Phi) is 12.0. The maximum atomic E-state index is 6.30. The van der Waals surface area contributed by atoms with E-state index in [1.807, 2.05) is 0 Å². The summed E-state index contributed by atoms with van der Waals surface area (Å²) in [6.45, 7) is 35.6. The van der Waals surface area contributed by atoms with E-state index in [9.17, 15) is 0 Å². The zero-order chi connectivity index (χ0) is 32.5. The largest absolute Gasteiger partial charge is 0.376 e. The third-order valence-electron chi connectivity index (χ3n) is 12.5. The summed E-state index contributed by atoms with van der Waals surface area (Å²) >= 11 is 0. The molecule has 0 aromatic carbocycles. The van der Waals surface area contributed by atoms with Gasteiger partial charge in [0.05, 0.1) is 12.7 Å². The summed E-state index contributed by atoms with van der Waals surface area (Å²) in [5.74, 6) is 0.986. The maximum Gasteiger partial charge on any atom is 0.0704 e. The number of nitrogens with two attached hydrogens (primary N) is 2. The second-order valence-electron chi connectivity index (χ2n) is 18.7. The fourth-order valence-corrected chi connectivity index (χ4v) is 8.46. The highest BCUT2D eigenvalue weighted by Gasteiger charge is 2.48. The van der Waals surface area contributed by atoms with Gasteiger partial charge in [-0.15, -0.1) is 0 Å². The zero-order valence-electron chi connectivity index (χ0n) is 31.0. The summed E-state index contributed by atoms with van der Waals surface area (Å²) in [6.07, 6.45) is 12.2. The number of rotatable bonds is 0. The number of likely N-dealkylation sites (tertiary alicyclic amines) is 3. The molecule has 4 saturated heterocycles. The van der Waals surface area contributed by atoms with Gasteiger partial charge in [0.2, 0.25) is 0 Å². The third-order valence-corrected chi connectivity index (χ3v) is 12.5.